The molecule has 2 N–H and O–H groups in total. The number of ketones is 1. The lowest BCUT2D eigenvalue weighted by atomic mass is 10.0. The van der Waals surface area contributed by atoms with Crippen molar-refractivity contribution in [2.75, 3.05) is 5.73 Å². The quantitative estimate of drug-likeness (QED) is 0.593. The van der Waals surface area contributed by atoms with Crippen molar-refractivity contribution >= 4 is 23.1 Å². The fraction of sp³-hybridized carbons (Fsp3) is 0.0588. The number of aromatic nitrogens is 2. The maximum atomic E-state index is 12.5. The standard InChI is InChI=1S/C17H14ClN3O/c18-14-6-7-16(19)15(8-14)17(22)13-9-20-21(11-13)10-12-4-2-1-3-5-12/h1-9,11H,10,19H2. The largest absolute Gasteiger partial charge is 0.398 e. The van der Waals surface area contributed by atoms with E-state index in [1.165, 1.54) is 0 Å². The molecule has 0 saturated heterocycles. The molecule has 1 heterocycles. The van der Waals surface area contributed by atoms with Crippen molar-refractivity contribution in [3.05, 3.63) is 82.6 Å². The molecular formula is C17H14ClN3O. The van der Waals surface area contributed by atoms with Gasteiger partial charge in [-0.15, -0.1) is 0 Å². The number of benzene rings is 2. The molecule has 3 rings (SSSR count). The van der Waals surface area contributed by atoms with Crippen LogP contribution in [0.4, 0.5) is 5.69 Å². The zero-order valence-corrected chi connectivity index (χ0v) is 12.5. The Balaban J connectivity index is 1.84. The number of nitrogen functional groups attached to an aromatic ring is 1. The summed E-state index contributed by atoms with van der Waals surface area (Å²) in [4.78, 5) is 12.5. The van der Waals surface area contributed by atoms with E-state index in [0.29, 0.717) is 28.4 Å². The molecule has 0 saturated carbocycles. The summed E-state index contributed by atoms with van der Waals surface area (Å²) in [5.74, 6) is -0.181. The van der Waals surface area contributed by atoms with E-state index in [4.69, 9.17) is 17.3 Å². The predicted octanol–water partition coefficient (Wildman–Crippen LogP) is 3.40. The van der Waals surface area contributed by atoms with Crippen LogP contribution in [-0.2, 0) is 6.54 Å². The Labute approximate surface area is 133 Å². The van der Waals surface area contributed by atoms with Gasteiger partial charge in [0.2, 0.25) is 0 Å². The van der Waals surface area contributed by atoms with E-state index in [0.717, 1.165) is 5.56 Å². The molecule has 1 aromatic heterocycles. The first-order valence-electron chi connectivity index (χ1n) is 6.79. The number of carbonyl (C=O) groups excluding carboxylic acids is 1. The molecular weight excluding hydrogens is 298 g/mol. The molecule has 4 nitrogen and oxygen atoms in total. The molecule has 0 amide bonds. The van der Waals surface area contributed by atoms with Crippen LogP contribution >= 0.6 is 11.6 Å². The maximum absolute atomic E-state index is 12.5. The van der Waals surface area contributed by atoms with E-state index in [9.17, 15) is 4.79 Å². The highest BCUT2D eigenvalue weighted by molar-refractivity contribution is 6.31. The van der Waals surface area contributed by atoms with Gasteiger partial charge < -0.3 is 5.73 Å². The summed E-state index contributed by atoms with van der Waals surface area (Å²) in [7, 11) is 0. The summed E-state index contributed by atoms with van der Waals surface area (Å²) in [6.45, 7) is 0.610. The smallest absolute Gasteiger partial charge is 0.198 e. The van der Waals surface area contributed by atoms with Crippen molar-refractivity contribution in [3.63, 3.8) is 0 Å². The molecule has 0 aliphatic carbocycles. The minimum atomic E-state index is -0.181. The zero-order valence-electron chi connectivity index (χ0n) is 11.7. The van der Waals surface area contributed by atoms with E-state index in [1.54, 1.807) is 35.3 Å². The fourth-order valence-corrected chi connectivity index (χ4v) is 2.39. The van der Waals surface area contributed by atoms with Crippen LogP contribution in [0.2, 0.25) is 5.02 Å². The molecule has 0 spiro atoms. The Morgan fingerprint density at radius 3 is 2.73 bits per heavy atom. The molecule has 0 aliphatic rings. The number of carbonyl (C=O) groups is 1. The van der Waals surface area contributed by atoms with Gasteiger partial charge in [0.05, 0.1) is 18.3 Å². The maximum Gasteiger partial charge on any atom is 0.198 e. The van der Waals surface area contributed by atoms with E-state index in [2.05, 4.69) is 5.10 Å². The average Bonchev–Trinajstić information content (AvgIpc) is 2.98. The van der Waals surface area contributed by atoms with Crippen molar-refractivity contribution in [1.82, 2.24) is 9.78 Å². The molecule has 0 bridgehead atoms. The average molecular weight is 312 g/mol. The van der Waals surface area contributed by atoms with Gasteiger partial charge in [-0.1, -0.05) is 41.9 Å². The van der Waals surface area contributed by atoms with Gasteiger partial charge in [0.15, 0.2) is 5.78 Å². The van der Waals surface area contributed by atoms with Crippen molar-refractivity contribution < 1.29 is 4.79 Å². The third kappa shape index (κ3) is 3.02. The van der Waals surface area contributed by atoms with Gasteiger partial charge >= 0.3 is 0 Å². The van der Waals surface area contributed by atoms with Crippen LogP contribution in [0.15, 0.2) is 60.9 Å². The van der Waals surface area contributed by atoms with Gasteiger partial charge in [0, 0.05) is 22.5 Å². The number of nitrogens with two attached hydrogens (primary N) is 1. The third-order valence-corrected chi connectivity index (χ3v) is 3.58. The normalized spacial score (nSPS) is 10.6. The number of anilines is 1. The second kappa shape index (κ2) is 6.03. The van der Waals surface area contributed by atoms with Gasteiger partial charge in [-0.3, -0.25) is 9.48 Å². The Morgan fingerprint density at radius 2 is 1.95 bits per heavy atom. The highest BCUT2D eigenvalue weighted by Crippen LogP contribution is 2.21. The van der Waals surface area contributed by atoms with Crippen LogP contribution in [0.5, 0.6) is 0 Å². The molecule has 0 radical (unpaired) electrons. The Hall–Kier alpha value is -2.59. The first kappa shape index (κ1) is 14.4. The molecule has 0 fully saturated rings. The van der Waals surface area contributed by atoms with Gasteiger partial charge in [0.1, 0.15) is 0 Å². The first-order chi connectivity index (χ1) is 10.6. The van der Waals surface area contributed by atoms with Gasteiger partial charge in [-0.2, -0.15) is 5.10 Å². The SMILES string of the molecule is Nc1ccc(Cl)cc1C(=O)c1cnn(Cc2ccccc2)c1. The second-order valence-electron chi connectivity index (χ2n) is 4.97. The molecule has 0 atom stereocenters. The van der Waals surface area contributed by atoms with E-state index >= 15 is 0 Å². The molecule has 22 heavy (non-hydrogen) atoms. The topological polar surface area (TPSA) is 60.9 Å². The molecule has 5 heteroatoms. The Morgan fingerprint density at radius 1 is 1.18 bits per heavy atom. The van der Waals surface area contributed by atoms with E-state index in [-0.39, 0.29) is 5.78 Å². The lowest BCUT2D eigenvalue weighted by Crippen LogP contribution is -2.05. The van der Waals surface area contributed by atoms with Gasteiger partial charge in [-0.05, 0) is 23.8 Å². The Bertz CT molecular complexity index is 812. The van der Waals surface area contributed by atoms with Crippen molar-refractivity contribution in [3.8, 4) is 0 Å². The minimum absolute atomic E-state index is 0.181. The van der Waals surface area contributed by atoms with Gasteiger partial charge in [-0.25, -0.2) is 0 Å². The third-order valence-electron chi connectivity index (χ3n) is 3.34. The summed E-state index contributed by atoms with van der Waals surface area (Å²) >= 11 is 5.93. The fourth-order valence-electron chi connectivity index (χ4n) is 2.22. The Kier molecular flexibility index (Phi) is 3.94. The predicted molar refractivity (Wildman–Crippen MR) is 87.1 cm³/mol. The monoisotopic (exact) mass is 311 g/mol. The summed E-state index contributed by atoms with van der Waals surface area (Å²) < 4.78 is 1.73. The van der Waals surface area contributed by atoms with Gasteiger partial charge in [0.25, 0.3) is 0 Å². The summed E-state index contributed by atoms with van der Waals surface area (Å²) in [6.07, 6.45) is 3.27. The number of halogens is 1. The second-order valence-corrected chi connectivity index (χ2v) is 5.41. The van der Waals surface area contributed by atoms with Crippen LogP contribution in [0.1, 0.15) is 21.5 Å². The van der Waals surface area contributed by atoms with Crippen LogP contribution in [0.3, 0.4) is 0 Å². The van der Waals surface area contributed by atoms with Crippen LogP contribution < -0.4 is 5.73 Å². The summed E-state index contributed by atoms with van der Waals surface area (Å²) in [5.41, 5.74) is 8.26. The lowest BCUT2D eigenvalue weighted by molar-refractivity contribution is 0.103. The number of hydrogen-bond donors (Lipinski definition) is 1. The number of rotatable bonds is 4. The van der Waals surface area contributed by atoms with Crippen molar-refractivity contribution in [1.29, 1.82) is 0 Å². The zero-order chi connectivity index (χ0) is 15.5. The molecule has 110 valence electrons. The summed E-state index contributed by atoms with van der Waals surface area (Å²) in [5, 5.41) is 4.71. The molecule has 3 aromatic rings. The highest BCUT2D eigenvalue weighted by Gasteiger charge is 2.15. The first-order valence-corrected chi connectivity index (χ1v) is 7.17. The number of nitrogens with zero attached hydrogens (tertiary/aromatic N) is 2. The minimum Gasteiger partial charge on any atom is -0.398 e. The van der Waals surface area contributed by atoms with Crippen LogP contribution in [-0.4, -0.2) is 15.6 Å². The van der Waals surface area contributed by atoms with E-state index < -0.39 is 0 Å². The van der Waals surface area contributed by atoms with Crippen LogP contribution in [0.25, 0.3) is 0 Å². The summed E-state index contributed by atoms with van der Waals surface area (Å²) in [6, 6.07) is 14.8. The molecule has 0 unspecified atom stereocenters. The van der Waals surface area contributed by atoms with Crippen LogP contribution in [0, 0.1) is 0 Å². The van der Waals surface area contributed by atoms with E-state index in [1.807, 2.05) is 30.3 Å². The highest BCUT2D eigenvalue weighted by atomic mass is 35.5. The van der Waals surface area contributed by atoms with Crippen molar-refractivity contribution in [2.24, 2.45) is 0 Å². The van der Waals surface area contributed by atoms with Crippen molar-refractivity contribution in [2.45, 2.75) is 6.54 Å². The number of hydrogen-bond acceptors (Lipinski definition) is 3. The molecule has 2 aromatic carbocycles. The molecule has 0 aliphatic heterocycles. The lowest BCUT2D eigenvalue weighted by Gasteiger charge is -2.03.